The van der Waals surface area contributed by atoms with Crippen LogP contribution in [0.4, 0.5) is 0 Å². The maximum absolute atomic E-state index is 12.5. The van der Waals surface area contributed by atoms with E-state index in [0.717, 1.165) is 25.7 Å². The molecule has 4 nitrogen and oxygen atoms in total. The van der Waals surface area contributed by atoms with E-state index in [1.807, 2.05) is 11.8 Å². The van der Waals surface area contributed by atoms with E-state index in [4.69, 9.17) is 4.74 Å². The quantitative estimate of drug-likeness (QED) is 0.737. The lowest BCUT2D eigenvalue weighted by Crippen LogP contribution is -2.46. The Morgan fingerprint density at radius 2 is 1.84 bits per heavy atom. The molecule has 0 bridgehead atoms. The minimum absolute atomic E-state index is 0.000948. The van der Waals surface area contributed by atoms with Crippen molar-refractivity contribution in [2.75, 3.05) is 13.2 Å². The van der Waals surface area contributed by atoms with Gasteiger partial charge in [0.1, 0.15) is 0 Å². The molecule has 0 radical (unpaired) electrons. The summed E-state index contributed by atoms with van der Waals surface area (Å²) in [5.74, 6) is 0.244. The second-order valence-electron chi connectivity index (χ2n) is 5.97. The van der Waals surface area contributed by atoms with E-state index in [1.54, 1.807) is 0 Å². The third-order valence-electron chi connectivity index (χ3n) is 3.58. The highest BCUT2D eigenvalue weighted by molar-refractivity contribution is 5.84. The number of nitrogens with one attached hydrogen (secondary N) is 1. The maximum atomic E-state index is 12.5. The van der Waals surface area contributed by atoms with Gasteiger partial charge in [-0.15, -0.1) is 0 Å². The zero-order valence-electron chi connectivity index (χ0n) is 13.2. The molecule has 112 valence electrons. The molecule has 0 aromatic rings. The molecule has 1 N–H and O–H groups in total. The fourth-order valence-electron chi connectivity index (χ4n) is 2.79. The summed E-state index contributed by atoms with van der Waals surface area (Å²) in [7, 11) is 0. The molecule has 2 atom stereocenters. The molecule has 1 saturated heterocycles. The maximum Gasteiger partial charge on any atom is 0.241 e. The lowest BCUT2D eigenvalue weighted by atomic mass is 10.1. The highest BCUT2D eigenvalue weighted by atomic mass is 16.5. The van der Waals surface area contributed by atoms with Crippen molar-refractivity contribution in [2.24, 2.45) is 0 Å². The lowest BCUT2D eigenvalue weighted by Gasteiger charge is -2.33. The third kappa shape index (κ3) is 4.46. The monoisotopic (exact) mass is 270 g/mol. The van der Waals surface area contributed by atoms with Gasteiger partial charge in [-0.2, -0.15) is 0 Å². The number of carbonyl (C=O) groups is 1. The third-order valence-corrected chi connectivity index (χ3v) is 3.58. The number of rotatable bonds is 8. The lowest BCUT2D eigenvalue weighted by molar-refractivity contribution is -0.134. The van der Waals surface area contributed by atoms with E-state index >= 15 is 0 Å². The summed E-state index contributed by atoms with van der Waals surface area (Å²) in [6.07, 6.45) is 4.22. The molecule has 0 saturated carbocycles. The fourth-order valence-corrected chi connectivity index (χ4v) is 2.79. The Balaban J connectivity index is 2.73. The molecule has 1 fully saturated rings. The number of nitrogens with zero attached hydrogens (tertiary/aromatic N) is 1. The molecule has 0 spiro atoms. The molecule has 4 heteroatoms. The van der Waals surface area contributed by atoms with Crippen molar-refractivity contribution in [1.29, 1.82) is 0 Å². The van der Waals surface area contributed by atoms with Gasteiger partial charge in [0, 0.05) is 6.61 Å². The van der Waals surface area contributed by atoms with Crippen molar-refractivity contribution in [1.82, 2.24) is 10.2 Å². The van der Waals surface area contributed by atoms with E-state index < -0.39 is 0 Å². The van der Waals surface area contributed by atoms with Gasteiger partial charge in [-0.3, -0.25) is 10.1 Å². The second-order valence-corrected chi connectivity index (χ2v) is 5.97. The predicted octanol–water partition coefficient (Wildman–Crippen LogP) is 2.53. The number of ether oxygens (including phenoxy) is 1. The zero-order valence-corrected chi connectivity index (χ0v) is 13.2. The van der Waals surface area contributed by atoms with E-state index in [0.29, 0.717) is 13.2 Å². The molecule has 1 amide bonds. The largest absolute Gasteiger partial charge is 0.374 e. The van der Waals surface area contributed by atoms with Gasteiger partial charge < -0.3 is 9.64 Å². The fraction of sp³-hybridized carbons (Fsp3) is 0.933. The van der Waals surface area contributed by atoms with Gasteiger partial charge in [-0.05, 0) is 33.6 Å². The normalized spacial score (nSPS) is 24.3. The molecule has 2 unspecified atom stereocenters. The molecule has 0 aromatic heterocycles. The topological polar surface area (TPSA) is 41.6 Å². The first kappa shape index (κ1) is 16.4. The number of amides is 1. The van der Waals surface area contributed by atoms with Crippen molar-refractivity contribution >= 4 is 5.91 Å². The van der Waals surface area contributed by atoms with Crippen LogP contribution in [-0.4, -0.2) is 41.8 Å². The van der Waals surface area contributed by atoms with Crippen molar-refractivity contribution < 1.29 is 9.53 Å². The van der Waals surface area contributed by atoms with Crippen LogP contribution in [-0.2, 0) is 9.53 Å². The Morgan fingerprint density at radius 1 is 1.21 bits per heavy atom. The van der Waals surface area contributed by atoms with Crippen LogP contribution in [0.25, 0.3) is 0 Å². The van der Waals surface area contributed by atoms with Gasteiger partial charge in [-0.1, -0.05) is 26.7 Å². The molecule has 19 heavy (non-hydrogen) atoms. The Hall–Kier alpha value is -0.610. The number of hydrogen-bond donors (Lipinski definition) is 1. The molecule has 0 aliphatic carbocycles. The smallest absolute Gasteiger partial charge is 0.241 e. The Bertz CT molecular complexity index is 292. The molecule has 0 aromatic carbocycles. The predicted molar refractivity (Wildman–Crippen MR) is 77.9 cm³/mol. The number of carbonyl (C=O) groups excluding carboxylic acids is 1. The summed E-state index contributed by atoms with van der Waals surface area (Å²) >= 11 is 0. The first-order chi connectivity index (χ1) is 8.95. The van der Waals surface area contributed by atoms with Gasteiger partial charge in [0.15, 0.2) is 0 Å². The minimum Gasteiger partial charge on any atom is -0.374 e. The first-order valence-corrected chi connectivity index (χ1v) is 7.65. The van der Waals surface area contributed by atoms with E-state index in [9.17, 15) is 4.79 Å². The standard InChI is InChI=1S/C15H30N2O2/c1-6-9-12-14(18)17(13(16-12)10-7-2)11-15(4,5)19-8-3/h12-13,16H,6-11H2,1-5H3. The summed E-state index contributed by atoms with van der Waals surface area (Å²) < 4.78 is 5.74. The van der Waals surface area contributed by atoms with Gasteiger partial charge in [0.2, 0.25) is 5.91 Å². The minimum atomic E-state index is -0.279. The molecule has 1 aliphatic rings. The summed E-state index contributed by atoms with van der Waals surface area (Å²) in [6, 6.07) is -0.000948. The molecule has 1 rings (SSSR count). The van der Waals surface area contributed by atoms with Gasteiger partial charge in [0.05, 0.1) is 24.4 Å². The summed E-state index contributed by atoms with van der Waals surface area (Å²) in [6.45, 7) is 11.7. The Kier molecular flexibility index (Phi) is 6.27. The highest BCUT2D eigenvalue weighted by Gasteiger charge is 2.40. The van der Waals surface area contributed by atoms with Crippen molar-refractivity contribution in [3.63, 3.8) is 0 Å². The van der Waals surface area contributed by atoms with Crippen LogP contribution >= 0.6 is 0 Å². The SMILES string of the molecule is CCCC1NC(CCC)N(CC(C)(C)OCC)C1=O. The first-order valence-electron chi connectivity index (χ1n) is 7.65. The molecule has 1 aliphatic heterocycles. The average molecular weight is 270 g/mol. The van der Waals surface area contributed by atoms with Crippen molar-refractivity contribution in [3.05, 3.63) is 0 Å². The van der Waals surface area contributed by atoms with E-state index in [-0.39, 0.29) is 23.7 Å². The molecular formula is C15H30N2O2. The van der Waals surface area contributed by atoms with Crippen LogP contribution in [0.5, 0.6) is 0 Å². The van der Waals surface area contributed by atoms with Crippen LogP contribution < -0.4 is 5.32 Å². The van der Waals surface area contributed by atoms with Crippen LogP contribution in [0, 0.1) is 0 Å². The Labute approximate surface area is 117 Å². The average Bonchev–Trinajstić information content (AvgIpc) is 2.59. The van der Waals surface area contributed by atoms with E-state index in [1.165, 1.54) is 0 Å². The summed E-state index contributed by atoms with van der Waals surface area (Å²) in [5.41, 5.74) is -0.279. The highest BCUT2D eigenvalue weighted by Crippen LogP contribution is 2.22. The summed E-state index contributed by atoms with van der Waals surface area (Å²) in [5, 5.41) is 3.48. The van der Waals surface area contributed by atoms with Crippen molar-refractivity contribution in [3.8, 4) is 0 Å². The Morgan fingerprint density at radius 3 is 2.37 bits per heavy atom. The van der Waals surface area contributed by atoms with Crippen LogP contribution in [0.15, 0.2) is 0 Å². The van der Waals surface area contributed by atoms with Crippen molar-refractivity contribution in [2.45, 2.75) is 78.1 Å². The summed E-state index contributed by atoms with van der Waals surface area (Å²) in [4.78, 5) is 14.5. The second kappa shape index (κ2) is 7.25. The van der Waals surface area contributed by atoms with Gasteiger partial charge in [0.25, 0.3) is 0 Å². The molecular weight excluding hydrogens is 240 g/mol. The van der Waals surface area contributed by atoms with Crippen LogP contribution in [0.1, 0.15) is 60.3 Å². The van der Waals surface area contributed by atoms with Crippen LogP contribution in [0.3, 0.4) is 0 Å². The zero-order chi connectivity index (χ0) is 14.5. The van der Waals surface area contributed by atoms with Gasteiger partial charge >= 0.3 is 0 Å². The molecule has 1 heterocycles. The number of hydrogen-bond acceptors (Lipinski definition) is 3. The van der Waals surface area contributed by atoms with E-state index in [2.05, 4.69) is 33.0 Å². The van der Waals surface area contributed by atoms with Gasteiger partial charge in [-0.25, -0.2) is 0 Å². The van der Waals surface area contributed by atoms with Crippen LogP contribution in [0.2, 0.25) is 0 Å².